The second kappa shape index (κ2) is 6.77. The Balaban J connectivity index is 1.71. The molecule has 0 bridgehead atoms. The highest BCUT2D eigenvalue weighted by molar-refractivity contribution is 7.92. The lowest BCUT2D eigenvalue weighted by Gasteiger charge is -2.09. The van der Waals surface area contributed by atoms with Gasteiger partial charge in [-0.1, -0.05) is 30.3 Å². The Hall–Kier alpha value is -3.32. The number of H-pyrrole nitrogens is 1. The van der Waals surface area contributed by atoms with E-state index >= 15 is 0 Å². The van der Waals surface area contributed by atoms with E-state index in [-0.39, 0.29) is 4.90 Å². The molecule has 0 saturated heterocycles. The van der Waals surface area contributed by atoms with E-state index < -0.39 is 10.0 Å². The number of rotatable bonds is 5. The van der Waals surface area contributed by atoms with Gasteiger partial charge in [0.2, 0.25) is 0 Å². The summed E-state index contributed by atoms with van der Waals surface area (Å²) in [5.74, 6) is 0.728. The van der Waals surface area contributed by atoms with Gasteiger partial charge in [0, 0.05) is 16.6 Å². The minimum absolute atomic E-state index is 0.213. The zero-order valence-corrected chi connectivity index (χ0v) is 15.3. The summed E-state index contributed by atoms with van der Waals surface area (Å²) in [7, 11) is -2.04. The van der Waals surface area contributed by atoms with E-state index in [1.807, 2.05) is 24.3 Å². The molecule has 0 unspecified atom stereocenters. The number of aromatic amines is 1. The minimum atomic E-state index is -3.65. The van der Waals surface area contributed by atoms with E-state index in [1.165, 1.54) is 0 Å². The molecule has 3 aromatic carbocycles. The maximum Gasteiger partial charge on any atom is 0.261 e. The first-order valence-electron chi connectivity index (χ1n) is 8.27. The number of nitrogens with zero attached hydrogens (tertiary/aromatic N) is 1. The van der Waals surface area contributed by atoms with Gasteiger partial charge in [-0.05, 0) is 42.5 Å². The smallest absolute Gasteiger partial charge is 0.261 e. The molecule has 2 N–H and O–H groups in total. The van der Waals surface area contributed by atoms with Crippen LogP contribution in [0.25, 0.3) is 22.2 Å². The van der Waals surface area contributed by atoms with Crippen molar-refractivity contribution in [2.24, 2.45) is 0 Å². The molecule has 136 valence electrons. The van der Waals surface area contributed by atoms with Crippen LogP contribution in [-0.2, 0) is 10.0 Å². The molecular weight excluding hydrogens is 362 g/mol. The third-order valence-electron chi connectivity index (χ3n) is 4.21. The van der Waals surface area contributed by atoms with E-state index in [2.05, 4.69) is 14.9 Å². The van der Waals surface area contributed by atoms with Gasteiger partial charge in [0.1, 0.15) is 11.4 Å². The van der Waals surface area contributed by atoms with E-state index in [4.69, 9.17) is 4.74 Å². The molecular formula is C20H17N3O3S. The van der Waals surface area contributed by atoms with Crippen molar-refractivity contribution in [1.82, 2.24) is 10.2 Å². The average molecular weight is 379 g/mol. The molecule has 7 heteroatoms. The summed E-state index contributed by atoms with van der Waals surface area (Å²) < 4.78 is 33.0. The van der Waals surface area contributed by atoms with Gasteiger partial charge in [0.05, 0.1) is 17.5 Å². The highest BCUT2D eigenvalue weighted by Crippen LogP contribution is 2.31. The second-order valence-corrected chi connectivity index (χ2v) is 7.67. The Kier molecular flexibility index (Phi) is 4.29. The molecule has 6 nitrogen and oxygen atoms in total. The number of benzene rings is 3. The zero-order valence-electron chi connectivity index (χ0n) is 14.5. The van der Waals surface area contributed by atoms with Crippen LogP contribution in [-0.4, -0.2) is 25.7 Å². The first-order chi connectivity index (χ1) is 13.1. The van der Waals surface area contributed by atoms with Gasteiger partial charge in [-0.3, -0.25) is 9.82 Å². The van der Waals surface area contributed by atoms with Crippen LogP contribution in [0, 0.1) is 0 Å². The van der Waals surface area contributed by atoms with Gasteiger partial charge < -0.3 is 4.74 Å². The van der Waals surface area contributed by atoms with Gasteiger partial charge in [-0.2, -0.15) is 5.10 Å². The van der Waals surface area contributed by atoms with Crippen LogP contribution in [0.4, 0.5) is 5.69 Å². The van der Waals surface area contributed by atoms with Crippen LogP contribution in [0.3, 0.4) is 0 Å². The van der Waals surface area contributed by atoms with Crippen molar-refractivity contribution < 1.29 is 13.2 Å². The van der Waals surface area contributed by atoms with Crippen LogP contribution in [0.1, 0.15) is 0 Å². The third-order valence-corrected chi connectivity index (χ3v) is 5.61. The van der Waals surface area contributed by atoms with Gasteiger partial charge in [-0.15, -0.1) is 0 Å². The van der Waals surface area contributed by atoms with Gasteiger partial charge in [0.15, 0.2) is 0 Å². The molecule has 0 radical (unpaired) electrons. The molecule has 4 aromatic rings. The van der Waals surface area contributed by atoms with E-state index in [0.29, 0.717) is 5.69 Å². The monoisotopic (exact) mass is 379 g/mol. The fourth-order valence-corrected chi connectivity index (χ4v) is 3.95. The largest absolute Gasteiger partial charge is 0.497 e. The molecule has 0 aliphatic rings. The van der Waals surface area contributed by atoms with Crippen LogP contribution in [0.5, 0.6) is 5.75 Å². The number of ether oxygens (including phenoxy) is 1. The van der Waals surface area contributed by atoms with E-state index in [0.717, 1.165) is 27.9 Å². The molecule has 4 rings (SSSR count). The summed E-state index contributed by atoms with van der Waals surface area (Å²) in [6.45, 7) is 0. The van der Waals surface area contributed by atoms with Gasteiger partial charge in [-0.25, -0.2) is 8.42 Å². The van der Waals surface area contributed by atoms with Crippen molar-refractivity contribution in [2.75, 3.05) is 11.8 Å². The fraction of sp³-hybridized carbons (Fsp3) is 0.0500. The molecule has 0 spiro atoms. The summed E-state index contributed by atoms with van der Waals surface area (Å²) in [5, 5.41) is 8.27. The van der Waals surface area contributed by atoms with Crippen LogP contribution < -0.4 is 9.46 Å². The van der Waals surface area contributed by atoms with Crippen molar-refractivity contribution in [1.29, 1.82) is 0 Å². The van der Waals surface area contributed by atoms with Gasteiger partial charge in [0.25, 0.3) is 10.0 Å². The number of hydrogen-bond acceptors (Lipinski definition) is 4. The predicted octanol–water partition coefficient (Wildman–Crippen LogP) is 4.04. The maximum absolute atomic E-state index is 12.5. The summed E-state index contributed by atoms with van der Waals surface area (Å²) >= 11 is 0. The predicted molar refractivity (Wildman–Crippen MR) is 105 cm³/mol. The number of nitrogens with one attached hydrogen (secondary N) is 2. The van der Waals surface area contributed by atoms with Crippen molar-refractivity contribution in [3.63, 3.8) is 0 Å². The molecule has 1 aromatic heterocycles. The summed E-state index contributed by atoms with van der Waals surface area (Å²) in [6, 6.07) is 21.1. The zero-order chi connectivity index (χ0) is 18.9. The number of fused-ring (bicyclic) bond motifs is 1. The standard InChI is InChI=1S/C20H17N3O3S/c1-26-16-10-11-19-18(13-16)20(22-21-19)14-6-5-7-15(12-14)23-27(24,25)17-8-3-2-4-9-17/h2-13,23H,1H3,(H,21,22). The lowest BCUT2D eigenvalue weighted by atomic mass is 10.1. The van der Waals surface area contributed by atoms with Crippen molar-refractivity contribution in [2.45, 2.75) is 4.90 Å². The minimum Gasteiger partial charge on any atom is -0.497 e. The molecule has 0 aliphatic carbocycles. The molecule has 0 saturated carbocycles. The van der Waals surface area contributed by atoms with Crippen molar-refractivity contribution in [3.8, 4) is 17.0 Å². The average Bonchev–Trinajstić information content (AvgIpc) is 3.11. The first-order valence-corrected chi connectivity index (χ1v) is 9.75. The molecule has 0 fully saturated rings. The normalized spacial score (nSPS) is 11.4. The molecule has 27 heavy (non-hydrogen) atoms. The van der Waals surface area contributed by atoms with E-state index in [1.54, 1.807) is 55.6 Å². The first kappa shape index (κ1) is 17.1. The number of sulfonamides is 1. The number of aromatic nitrogens is 2. The summed E-state index contributed by atoms with van der Waals surface area (Å²) in [5.41, 5.74) is 2.86. The Morgan fingerprint density at radius 2 is 1.78 bits per heavy atom. The Labute approximate surface area is 156 Å². The van der Waals surface area contributed by atoms with E-state index in [9.17, 15) is 8.42 Å². The summed E-state index contributed by atoms with van der Waals surface area (Å²) in [4.78, 5) is 0.213. The maximum atomic E-state index is 12.5. The van der Waals surface area contributed by atoms with Crippen LogP contribution in [0.2, 0.25) is 0 Å². The number of hydrogen-bond donors (Lipinski definition) is 2. The highest BCUT2D eigenvalue weighted by atomic mass is 32.2. The number of methoxy groups -OCH3 is 1. The summed E-state index contributed by atoms with van der Waals surface area (Å²) in [6.07, 6.45) is 0. The van der Waals surface area contributed by atoms with Crippen LogP contribution >= 0.6 is 0 Å². The lowest BCUT2D eigenvalue weighted by Crippen LogP contribution is -2.12. The van der Waals surface area contributed by atoms with Gasteiger partial charge >= 0.3 is 0 Å². The molecule has 0 atom stereocenters. The Bertz CT molecular complexity index is 1200. The van der Waals surface area contributed by atoms with Crippen molar-refractivity contribution in [3.05, 3.63) is 72.8 Å². The Morgan fingerprint density at radius 1 is 0.963 bits per heavy atom. The quantitative estimate of drug-likeness (QED) is 0.548. The topological polar surface area (TPSA) is 84.1 Å². The molecule has 0 amide bonds. The molecule has 0 aliphatic heterocycles. The van der Waals surface area contributed by atoms with Crippen molar-refractivity contribution >= 4 is 26.6 Å². The third kappa shape index (κ3) is 3.37. The SMILES string of the molecule is COc1ccc2[nH]nc(-c3cccc(NS(=O)(=O)c4ccccc4)c3)c2c1. The molecule has 1 heterocycles. The second-order valence-electron chi connectivity index (χ2n) is 5.98. The fourth-order valence-electron chi connectivity index (χ4n) is 2.88. The highest BCUT2D eigenvalue weighted by Gasteiger charge is 2.15. The lowest BCUT2D eigenvalue weighted by molar-refractivity contribution is 0.415. The van der Waals surface area contributed by atoms with Crippen LogP contribution in [0.15, 0.2) is 77.7 Å². The number of anilines is 1. The Morgan fingerprint density at radius 3 is 2.56 bits per heavy atom.